The van der Waals surface area contributed by atoms with Crippen molar-refractivity contribution in [2.24, 2.45) is 11.7 Å². The molecule has 4 heteroatoms. The average Bonchev–Trinajstić information content (AvgIpc) is 2.52. The number of carbonyl (C=O) groups is 1. The summed E-state index contributed by atoms with van der Waals surface area (Å²) in [6.07, 6.45) is 0.538. The van der Waals surface area contributed by atoms with Crippen molar-refractivity contribution in [3.8, 4) is 11.8 Å². The molecule has 116 valence electrons. The summed E-state index contributed by atoms with van der Waals surface area (Å²) in [6, 6.07) is 9.76. The van der Waals surface area contributed by atoms with Crippen LogP contribution in [0.3, 0.4) is 0 Å². The van der Waals surface area contributed by atoms with Crippen LogP contribution < -0.4 is 11.1 Å². The first-order valence-corrected chi connectivity index (χ1v) is 7.13. The summed E-state index contributed by atoms with van der Waals surface area (Å²) in [7, 11) is 1.84. The van der Waals surface area contributed by atoms with Gasteiger partial charge in [-0.1, -0.05) is 50.1 Å². The Morgan fingerprint density at radius 3 is 2.33 bits per heavy atom. The lowest BCUT2D eigenvalue weighted by Gasteiger charge is -2.17. The Labute approximate surface area is 127 Å². The lowest BCUT2D eigenvalue weighted by atomic mass is 10.0. The molecule has 0 saturated heterocycles. The predicted molar refractivity (Wildman–Crippen MR) is 86.3 cm³/mol. The van der Waals surface area contributed by atoms with Crippen LogP contribution in [0.5, 0.6) is 0 Å². The van der Waals surface area contributed by atoms with Gasteiger partial charge in [0, 0.05) is 12.0 Å². The number of hydrogen-bond donors (Lipinski definition) is 3. The van der Waals surface area contributed by atoms with Gasteiger partial charge in [-0.2, -0.15) is 0 Å². The molecule has 4 N–H and O–H groups in total. The van der Waals surface area contributed by atoms with Crippen LogP contribution >= 0.6 is 0 Å². The number of primary amides is 1. The van der Waals surface area contributed by atoms with Crippen molar-refractivity contribution in [3.05, 3.63) is 35.9 Å². The van der Waals surface area contributed by atoms with Crippen LogP contribution in [0.4, 0.5) is 0 Å². The quantitative estimate of drug-likeness (QED) is 0.741. The SMILES string of the molecule is CCC(C)C#CC(N)=O.CN[C@@H](C)[C@@H](O)c1ccccc1. The monoisotopic (exact) mass is 290 g/mol. The fourth-order valence-electron chi connectivity index (χ4n) is 1.39. The molecule has 0 heterocycles. The Morgan fingerprint density at radius 2 is 1.90 bits per heavy atom. The second kappa shape index (κ2) is 10.9. The van der Waals surface area contributed by atoms with Crippen LogP contribution in [0.15, 0.2) is 30.3 Å². The third-order valence-electron chi connectivity index (χ3n) is 3.12. The molecule has 3 atom stereocenters. The maximum Gasteiger partial charge on any atom is 0.293 e. The molecule has 0 fully saturated rings. The lowest BCUT2D eigenvalue weighted by molar-refractivity contribution is -0.112. The number of aliphatic hydroxyl groups excluding tert-OH is 1. The van der Waals surface area contributed by atoms with Crippen molar-refractivity contribution >= 4 is 5.91 Å². The van der Waals surface area contributed by atoms with Crippen molar-refractivity contribution in [2.45, 2.75) is 39.3 Å². The van der Waals surface area contributed by atoms with E-state index in [4.69, 9.17) is 5.73 Å². The topological polar surface area (TPSA) is 75.4 Å². The van der Waals surface area contributed by atoms with E-state index in [2.05, 4.69) is 17.2 Å². The smallest absolute Gasteiger partial charge is 0.293 e. The number of rotatable bonds is 4. The van der Waals surface area contributed by atoms with Gasteiger partial charge >= 0.3 is 0 Å². The minimum atomic E-state index is -0.546. The van der Waals surface area contributed by atoms with Crippen molar-refractivity contribution in [1.82, 2.24) is 5.32 Å². The first kappa shape index (κ1) is 19.2. The van der Waals surface area contributed by atoms with E-state index in [1.807, 2.05) is 58.2 Å². The van der Waals surface area contributed by atoms with Gasteiger partial charge in [-0.25, -0.2) is 0 Å². The van der Waals surface area contributed by atoms with E-state index in [9.17, 15) is 9.90 Å². The number of carbonyl (C=O) groups excluding carboxylic acids is 1. The molecule has 0 aliphatic heterocycles. The molecule has 1 aromatic rings. The van der Waals surface area contributed by atoms with Gasteiger partial charge in [-0.15, -0.1) is 0 Å². The summed E-state index contributed by atoms with van der Waals surface area (Å²) >= 11 is 0. The number of benzene rings is 1. The minimum absolute atomic E-state index is 0.0902. The fourth-order valence-corrected chi connectivity index (χ4v) is 1.39. The van der Waals surface area contributed by atoms with E-state index < -0.39 is 12.0 Å². The van der Waals surface area contributed by atoms with Crippen LogP contribution in [-0.2, 0) is 4.79 Å². The van der Waals surface area contributed by atoms with Crippen molar-refractivity contribution in [2.75, 3.05) is 7.05 Å². The van der Waals surface area contributed by atoms with Gasteiger partial charge in [-0.3, -0.25) is 4.79 Å². The molecule has 0 aliphatic carbocycles. The average molecular weight is 290 g/mol. The summed E-state index contributed by atoms with van der Waals surface area (Å²) in [6.45, 7) is 5.92. The Bertz CT molecular complexity index is 463. The van der Waals surface area contributed by atoms with Gasteiger partial charge in [0.2, 0.25) is 0 Å². The van der Waals surface area contributed by atoms with E-state index in [1.165, 1.54) is 0 Å². The van der Waals surface area contributed by atoms with E-state index in [1.54, 1.807) is 0 Å². The molecule has 0 spiro atoms. The molecule has 1 unspecified atom stereocenters. The zero-order chi connectivity index (χ0) is 16.3. The highest BCUT2D eigenvalue weighted by Gasteiger charge is 2.12. The van der Waals surface area contributed by atoms with Gasteiger partial charge in [0.1, 0.15) is 0 Å². The van der Waals surface area contributed by atoms with Gasteiger partial charge in [0.25, 0.3) is 5.91 Å². The van der Waals surface area contributed by atoms with Crippen LogP contribution in [0.2, 0.25) is 0 Å². The number of aliphatic hydroxyl groups is 1. The predicted octanol–water partition coefficient (Wildman–Crippen LogP) is 1.85. The third-order valence-corrected chi connectivity index (χ3v) is 3.12. The molecule has 0 aromatic heterocycles. The van der Waals surface area contributed by atoms with Crippen LogP contribution in [0.1, 0.15) is 38.9 Å². The summed E-state index contributed by atoms with van der Waals surface area (Å²) in [4.78, 5) is 10.1. The molecule has 4 nitrogen and oxygen atoms in total. The highest BCUT2D eigenvalue weighted by molar-refractivity contribution is 5.91. The second-order valence-corrected chi connectivity index (χ2v) is 4.88. The highest BCUT2D eigenvalue weighted by atomic mass is 16.3. The molecule has 1 aromatic carbocycles. The van der Waals surface area contributed by atoms with E-state index in [-0.39, 0.29) is 12.0 Å². The molecule has 0 radical (unpaired) electrons. The first-order chi connectivity index (χ1) is 9.92. The number of nitrogens with one attached hydrogen (secondary N) is 1. The third kappa shape index (κ3) is 8.85. The maximum atomic E-state index is 10.1. The number of nitrogens with two attached hydrogens (primary N) is 1. The molecular formula is C17H26N2O2. The number of likely N-dealkylation sites (N-methyl/N-ethyl adjacent to an activating group) is 1. The van der Waals surface area contributed by atoms with E-state index >= 15 is 0 Å². The highest BCUT2D eigenvalue weighted by Crippen LogP contribution is 2.15. The van der Waals surface area contributed by atoms with Crippen LogP contribution in [0.25, 0.3) is 0 Å². The standard InChI is InChI=1S/C10H15NO.C7H11NO/c1-8(11-2)10(12)9-6-4-3-5-7-9;1-3-6(2)4-5-7(8)9/h3-8,10-12H,1-2H3;6H,3H2,1-2H3,(H2,8,9)/t8-,10+;/m0./s1. The maximum absolute atomic E-state index is 10.1. The van der Waals surface area contributed by atoms with Gasteiger partial charge in [0.15, 0.2) is 0 Å². The first-order valence-electron chi connectivity index (χ1n) is 7.13. The van der Waals surface area contributed by atoms with Gasteiger partial charge in [-0.05, 0) is 31.9 Å². The normalized spacial score (nSPS) is 13.8. The molecule has 0 saturated carbocycles. The molecule has 1 amide bonds. The minimum Gasteiger partial charge on any atom is -0.387 e. The fraction of sp³-hybridized carbons (Fsp3) is 0.471. The molecule has 1 rings (SSSR count). The van der Waals surface area contributed by atoms with Crippen LogP contribution in [0, 0.1) is 17.8 Å². The lowest BCUT2D eigenvalue weighted by Crippen LogP contribution is -2.28. The zero-order valence-electron chi connectivity index (χ0n) is 13.3. The Hall–Kier alpha value is -1.83. The molecule has 0 bridgehead atoms. The second-order valence-electron chi connectivity index (χ2n) is 4.88. The molecule has 21 heavy (non-hydrogen) atoms. The van der Waals surface area contributed by atoms with E-state index in [0.29, 0.717) is 0 Å². The van der Waals surface area contributed by atoms with Gasteiger partial charge in [0.05, 0.1) is 6.10 Å². The summed E-state index contributed by atoms with van der Waals surface area (Å²) < 4.78 is 0. The summed E-state index contributed by atoms with van der Waals surface area (Å²) in [5.74, 6) is 4.72. The van der Waals surface area contributed by atoms with Crippen molar-refractivity contribution in [3.63, 3.8) is 0 Å². The van der Waals surface area contributed by atoms with Crippen molar-refractivity contribution < 1.29 is 9.90 Å². The summed E-state index contributed by atoms with van der Waals surface area (Å²) in [5, 5.41) is 12.7. The molecule has 0 aliphatic rings. The van der Waals surface area contributed by atoms with Crippen molar-refractivity contribution in [1.29, 1.82) is 0 Å². The van der Waals surface area contributed by atoms with Gasteiger partial charge < -0.3 is 16.2 Å². The Morgan fingerprint density at radius 1 is 1.33 bits per heavy atom. The van der Waals surface area contributed by atoms with Crippen LogP contribution in [-0.4, -0.2) is 24.1 Å². The Kier molecular flexibility index (Phi) is 9.95. The summed E-state index contributed by atoms with van der Waals surface area (Å²) in [5.41, 5.74) is 5.74. The zero-order valence-corrected chi connectivity index (χ0v) is 13.3. The largest absolute Gasteiger partial charge is 0.387 e. The number of amides is 1. The molecular weight excluding hydrogens is 264 g/mol. The number of hydrogen-bond acceptors (Lipinski definition) is 3. The van der Waals surface area contributed by atoms with E-state index in [0.717, 1.165) is 12.0 Å². The Balaban J connectivity index is 0.000000400.